The van der Waals surface area contributed by atoms with Gasteiger partial charge in [-0.1, -0.05) is 0 Å². The highest BCUT2D eigenvalue weighted by Gasteiger charge is 2.73. The number of fused-ring (bicyclic) bond motifs is 1. The van der Waals surface area contributed by atoms with E-state index < -0.39 is 64.4 Å². The Morgan fingerprint density at radius 3 is 1.75 bits per heavy atom. The maximum atomic E-state index is 13.6. The van der Waals surface area contributed by atoms with E-state index in [9.17, 15) is 53.8 Å². The Morgan fingerprint density at radius 1 is 0.875 bits per heavy atom. The molecule has 2 rings (SSSR count). The van der Waals surface area contributed by atoms with Crippen LogP contribution in [0.4, 0.5) is 43.9 Å². The summed E-state index contributed by atoms with van der Waals surface area (Å²) < 4.78 is 134. The molecule has 1 heterocycles. The van der Waals surface area contributed by atoms with E-state index in [0.29, 0.717) is 0 Å². The third-order valence-corrected chi connectivity index (χ3v) is 3.17. The van der Waals surface area contributed by atoms with Crippen LogP contribution in [0.3, 0.4) is 0 Å². The molecule has 1 N–H and O–H groups in total. The quantitative estimate of drug-likeness (QED) is 0.329. The van der Waals surface area contributed by atoms with Crippen molar-refractivity contribution in [2.45, 2.75) is 24.1 Å². The zero-order valence-electron chi connectivity index (χ0n) is 10.6. The fourth-order valence-corrected chi connectivity index (χ4v) is 2.17. The van der Waals surface area contributed by atoms with Gasteiger partial charge in [0.2, 0.25) is 0 Å². The summed E-state index contributed by atoms with van der Waals surface area (Å²) in [6.45, 7) is 0. The smallest absolute Gasteiger partial charge is 0.418 e. The fourth-order valence-electron chi connectivity index (χ4n) is 2.17. The van der Waals surface area contributed by atoms with Gasteiger partial charge in [-0.2, -0.15) is 26.3 Å². The SMILES string of the molecule is O=C1OC(O)(C(F)(F)F)C(C(F)(F)F)c2c(F)c(F)c(F)c(F)c21. The van der Waals surface area contributed by atoms with Crippen molar-refractivity contribution >= 4 is 5.97 Å². The summed E-state index contributed by atoms with van der Waals surface area (Å²) in [6.07, 6.45) is -12.5. The van der Waals surface area contributed by atoms with Gasteiger partial charge in [-0.3, -0.25) is 0 Å². The van der Waals surface area contributed by atoms with Crippen molar-refractivity contribution in [2.75, 3.05) is 0 Å². The van der Waals surface area contributed by atoms with E-state index >= 15 is 0 Å². The molecule has 0 bridgehead atoms. The van der Waals surface area contributed by atoms with Gasteiger partial charge < -0.3 is 9.84 Å². The highest BCUT2D eigenvalue weighted by atomic mass is 19.4. The molecule has 13 heteroatoms. The number of halogens is 10. The molecule has 134 valence electrons. The number of alkyl halides is 6. The summed E-state index contributed by atoms with van der Waals surface area (Å²) in [7, 11) is 0. The summed E-state index contributed by atoms with van der Waals surface area (Å²) in [5.74, 6) is -23.7. The summed E-state index contributed by atoms with van der Waals surface area (Å²) in [6, 6.07) is 0. The summed E-state index contributed by atoms with van der Waals surface area (Å²) in [4.78, 5) is 11.3. The van der Waals surface area contributed by atoms with Crippen LogP contribution in [0.2, 0.25) is 0 Å². The van der Waals surface area contributed by atoms with Gasteiger partial charge in [0.15, 0.2) is 29.2 Å². The molecule has 0 saturated heterocycles. The van der Waals surface area contributed by atoms with Crippen molar-refractivity contribution in [3.8, 4) is 0 Å². The monoisotopic (exact) mass is 372 g/mol. The molecule has 1 aliphatic heterocycles. The zero-order chi connectivity index (χ0) is 18.8. The number of aliphatic hydroxyl groups is 1. The number of rotatable bonds is 0. The van der Waals surface area contributed by atoms with Gasteiger partial charge in [0, 0.05) is 5.56 Å². The molecule has 2 unspecified atom stereocenters. The molecular weight excluding hydrogens is 370 g/mol. The fraction of sp³-hybridized carbons (Fsp3) is 0.364. The number of carbonyl (C=O) groups is 1. The summed E-state index contributed by atoms with van der Waals surface area (Å²) >= 11 is 0. The van der Waals surface area contributed by atoms with E-state index in [1.54, 1.807) is 0 Å². The Kier molecular flexibility index (Phi) is 3.79. The number of hydrogen-bond donors (Lipinski definition) is 1. The van der Waals surface area contributed by atoms with Gasteiger partial charge in [-0.05, 0) is 0 Å². The first kappa shape index (κ1) is 18.3. The second-order valence-corrected chi connectivity index (χ2v) is 4.60. The highest BCUT2D eigenvalue weighted by molar-refractivity contribution is 5.93. The van der Waals surface area contributed by atoms with Crippen molar-refractivity contribution in [1.29, 1.82) is 0 Å². The summed E-state index contributed by atoms with van der Waals surface area (Å²) in [5.41, 5.74) is -4.78. The normalized spacial score (nSPS) is 24.6. The molecule has 0 aromatic heterocycles. The van der Waals surface area contributed by atoms with Crippen LogP contribution < -0.4 is 0 Å². The van der Waals surface area contributed by atoms with Gasteiger partial charge in [0.25, 0.3) is 0 Å². The number of hydrogen-bond acceptors (Lipinski definition) is 3. The van der Waals surface area contributed by atoms with Crippen LogP contribution in [0.15, 0.2) is 0 Å². The number of ether oxygens (including phenoxy) is 1. The first-order valence-corrected chi connectivity index (χ1v) is 5.59. The molecule has 24 heavy (non-hydrogen) atoms. The summed E-state index contributed by atoms with van der Waals surface area (Å²) in [5, 5.41) is 9.20. The van der Waals surface area contributed by atoms with Crippen molar-refractivity contribution in [3.63, 3.8) is 0 Å². The van der Waals surface area contributed by atoms with Crippen molar-refractivity contribution < 1.29 is 58.5 Å². The number of esters is 1. The van der Waals surface area contributed by atoms with Crippen LogP contribution in [0, 0.1) is 23.3 Å². The van der Waals surface area contributed by atoms with Crippen LogP contribution in [-0.4, -0.2) is 29.2 Å². The van der Waals surface area contributed by atoms with Gasteiger partial charge in [0.1, 0.15) is 5.56 Å². The molecular formula is C11H2F10O3. The van der Waals surface area contributed by atoms with Crippen LogP contribution in [0.25, 0.3) is 0 Å². The minimum absolute atomic E-state index is 2.23. The Hall–Kier alpha value is -2.05. The lowest BCUT2D eigenvalue weighted by molar-refractivity contribution is -0.384. The van der Waals surface area contributed by atoms with E-state index in [2.05, 4.69) is 4.74 Å². The lowest BCUT2D eigenvalue weighted by Gasteiger charge is -2.41. The maximum Gasteiger partial charge on any atom is 0.456 e. The number of carbonyl (C=O) groups excluding carboxylic acids is 1. The molecule has 0 aliphatic carbocycles. The molecule has 3 nitrogen and oxygen atoms in total. The predicted molar refractivity (Wildman–Crippen MR) is 51.5 cm³/mol. The average Bonchev–Trinajstić information content (AvgIpc) is 2.39. The maximum absolute atomic E-state index is 13.6. The van der Waals surface area contributed by atoms with Crippen molar-refractivity contribution in [1.82, 2.24) is 0 Å². The van der Waals surface area contributed by atoms with Crippen LogP contribution in [0.1, 0.15) is 21.8 Å². The first-order chi connectivity index (χ1) is 10.6. The predicted octanol–water partition coefficient (Wildman–Crippen LogP) is 3.31. The third kappa shape index (κ3) is 2.29. The lowest BCUT2D eigenvalue weighted by Crippen LogP contribution is -2.60. The minimum Gasteiger partial charge on any atom is -0.418 e. The molecule has 0 spiro atoms. The van der Waals surface area contributed by atoms with E-state index in [4.69, 9.17) is 0 Å². The molecule has 1 aromatic rings. The van der Waals surface area contributed by atoms with Gasteiger partial charge in [0.05, 0.1) is 0 Å². The number of benzene rings is 1. The lowest BCUT2D eigenvalue weighted by atomic mass is 9.82. The first-order valence-electron chi connectivity index (χ1n) is 5.59. The molecule has 0 radical (unpaired) electrons. The van der Waals surface area contributed by atoms with Crippen LogP contribution in [0.5, 0.6) is 0 Å². The van der Waals surface area contributed by atoms with Crippen LogP contribution >= 0.6 is 0 Å². The van der Waals surface area contributed by atoms with Gasteiger partial charge in [-0.25, -0.2) is 22.4 Å². The molecule has 0 amide bonds. The second kappa shape index (κ2) is 4.97. The van der Waals surface area contributed by atoms with E-state index in [-0.39, 0.29) is 0 Å². The average molecular weight is 372 g/mol. The Labute approximate surface area is 124 Å². The molecule has 1 aromatic carbocycles. The third-order valence-electron chi connectivity index (χ3n) is 3.17. The molecule has 0 fully saturated rings. The Bertz CT molecular complexity index is 722. The van der Waals surface area contributed by atoms with Crippen molar-refractivity contribution in [2.24, 2.45) is 0 Å². The highest BCUT2D eigenvalue weighted by Crippen LogP contribution is 2.54. The van der Waals surface area contributed by atoms with E-state index in [1.165, 1.54) is 0 Å². The Morgan fingerprint density at radius 2 is 1.33 bits per heavy atom. The number of cyclic esters (lactones) is 1. The molecule has 2 atom stereocenters. The molecule has 1 aliphatic rings. The zero-order valence-corrected chi connectivity index (χ0v) is 10.6. The van der Waals surface area contributed by atoms with Gasteiger partial charge in [-0.15, -0.1) is 0 Å². The van der Waals surface area contributed by atoms with E-state index in [0.717, 1.165) is 0 Å². The molecule has 0 saturated carbocycles. The largest absolute Gasteiger partial charge is 0.456 e. The standard InChI is InChI=1S/C11H2F10O3/c12-3-1-2(4(13)6(15)5(3)14)8(22)24-9(23,11(19,20)21)7(1)10(16,17)18/h7,23H. The van der Waals surface area contributed by atoms with Gasteiger partial charge >= 0.3 is 24.1 Å². The van der Waals surface area contributed by atoms with E-state index in [1.807, 2.05) is 0 Å². The van der Waals surface area contributed by atoms with Crippen LogP contribution in [-0.2, 0) is 4.74 Å². The minimum atomic E-state index is -6.33. The Balaban J connectivity index is 2.98. The second-order valence-electron chi connectivity index (χ2n) is 4.60. The van der Waals surface area contributed by atoms with Crippen molar-refractivity contribution in [3.05, 3.63) is 34.4 Å². The topological polar surface area (TPSA) is 46.5 Å².